The number of carbonyl (C=O) groups is 1. The topological polar surface area (TPSA) is 112 Å². The summed E-state index contributed by atoms with van der Waals surface area (Å²) in [7, 11) is -2.59. The van der Waals surface area contributed by atoms with Crippen LogP contribution >= 0.6 is 12.4 Å². The lowest BCUT2D eigenvalue weighted by molar-refractivity contribution is 0.0563. The first-order valence-corrected chi connectivity index (χ1v) is 8.25. The normalized spacial score (nSPS) is 12.5. The molecular weight excluding hydrogens is 332 g/mol. The van der Waals surface area contributed by atoms with Crippen molar-refractivity contribution in [3.05, 3.63) is 17.6 Å². The third-order valence-electron chi connectivity index (χ3n) is 3.06. The molecule has 1 atom stereocenters. The Morgan fingerprint density at radius 3 is 2.64 bits per heavy atom. The second-order valence-corrected chi connectivity index (χ2v) is 6.40. The molecule has 0 aliphatic heterocycles. The zero-order valence-electron chi connectivity index (χ0n) is 12.9. The molecule has 0 aromatic carbocycles. The first-order valence-electron chi connectivity index (χ1n) is 6.76. The lowest BCUT2D eigenvalue weighted by Crippen LogP contribution is -2.40. The van der Waals surface area contributed by atoms with E-state index in [1.807, 2.05) is 6.92 Å². The molecule has 1 unspecified atom stereocenters. The molecule has 0 bridgehead atoms. The van der Waals surface area contributed by atoms with Crippen molar-refractivity contribution in [3.8, 4) is 0 Å². The molecule has 0 amide bonds. The summed E-state index contributed by atoms with van der Waals surface area (Å²) in [6.45, 7) is 3.70. The fourth-order valence-corrected chi connectivity index (χ4v) is 3.35. The van der Waals surface area contributed by atoms with Gasteiger partial charge in [0.15, 0.2) is 0 Å². The van der Waals surface area contributed by atoms with Crippen molar-refractivity contribution < 1.29 is 22.4 Å². The molecule has 0 fully saturated rings. The van der Waals surface area contributed by atoms with Gasteiger partial charge in [-0.25, -0.2) is 17.9 Å². The molecule has 0 aliphatic rings. The maximum Gasteiger partial charge on any atom is 0.373 e. The van der Waals surface area contributed by atoms with Crippen molar-refractivity contribution in [2.75, 3.05) is 13.7 Å². The maximum absolute atomic E-state index is 12.3. The Hall–Kier alpha value is -1.09. The van der Waals surface area contributed by atoms with Gasteiger partial charge >= 0.3 is 5.97 Å². The molecule has 1 aromatic heterocycles. The van der Waals surface area contributed by atoms with Gasteiger partial charge in [-0.15, -0.1) is 12.4 Å². The third kappa shape index (κ3) is 5.28. The highest BCUT2D eigenvalue weighted by molar-refractivity contribution is 7.89. The van der Waals surface area contributed by atoms with Gasteiger partial charge in [0.2, 0.25) is 15.8 Å². The molecule has 0 radical (unpaired) electrons. The lowest BCUT2D eigenvalue weighted by Gasteiger charge is -2.16. The fourth-order valence-electron chi connectivity index (χ4n) is 1.89. The Bertz CT molecular complexity index is 585. The van der Waals surface area contributed by atoms with Gasteiger partial charge in [0.25, 0.3) is 0 Å². The first kappa shape index (κ1) is 20.9. The molecule has 0 spiro atoms. The number of carbonyl (C=O) groups excluding carboxylic acids is 1. The number of ether oxygens (including phenoxy) is 1. The van der Waals surface area contributed by atoms with Gasteiger partial charge in [0.1, 0.15) is 10.7 Å². The van der Waals surface area contributed by atoms with Crippen molar-refractivity contribution in [1.82, 2.24) is 4.72 Å². The molecule has 0 saturated heterocycles. The van der Waals surface area contributed by atoms with E-state index in [9.17, 15) is 13.2 Å². The number of methoxy groups -OCH3 is 1. The molecular formula is C13H23ClN2O5S. The monoisotopic (exact) mass is 354 g/mol. The second-order valence-electron chi connectivity index (χ2n) is 4.72. The Labute approximate surface area is 137 Å². The Kier molecular flexibility index (Phi) is 8.69. The van der Waals surface area contributed by atoms with Gasteiger partial charge in [-0.3, -0.25) is 0 Å². The standard InChI is InChI=1S/C13H22N2O5S.ClH/c1-4-5-6-10(8-14)15-21(17,18)12-7-11(13(16)19-3)20-9(12)2;/h7,10,15H,4-6,8,14H2,1-3H3;1H. The quantitative estimate of drug-likeness (QED) is 0.686. The minimum atomic E-state index is -3.79. The van der Waals surface area contributed by atoms with E-state index in [0.717, 1.165) is 18.9 Å². The van der Waals surface area contributed by atoms with E-state index in [0.29, 0.717) is 6.42 Å². The zero-order valence-corrected chi connectivity index (χ0v) is 14.6. The summed E-state index contributed by atoms with van der Waals surface area (Å²) in [6, 6.07) is 0.822. The number of esters is 1. The van der Waals surface area contributed by atoms with Gasteiger partial charge in [-0.2, -0.15) is 0 Å². The van der Waals surface area contributed by atoms with Gasteiger partial charge in [0, 0.05) is 18.7 Å². The summed E-state index contributed by atoms with van der Waals surface area (Å²) in [5, 5.41) is 0. The van der Waals surface area contributed by atoms with Gasteiger partial charge in [-0.05, 0) is 13.3 Å². The number of sulfonamides is 1. The predicted octanol–water partition coefficient (Wildman–Crippen LogP) is 1.59. The highest BCUT2D eigenvalue weighted by Crippen LogP contribution is 2.21. The minimum Gasteiger partial charge on any atom is -0.463 e. The van der Waals surface area contributed by atoms with Crippen molar-refractivity contribution in [1.29, 1.82) is 0 Å². The highest BCUT2D eigenvalue weighted by atomic mass is 35.5. The average molecular weight is 355 g/mol. The van der Waals surface area contributed by atoms with E-state index in [4.69, 9.17) is 10.2 Å². The molecule has 0 saturated carbocycles. The summed E-state index contributed by atoms with van der Waals surface area (Å²) in [4.78, 5) is 11.3. The van der Waals surface area contributed by atoms with Crippen LogP contribution in [0.4, 0.5) is 0 Å². The van der Waals surface area contributed by atoms with Crippen LogP contribution in [-0.4, -0.2) is 34.1 Å². The van der Waals surface area contributed by atoms with E-state index in [1.165, 1.54) is 14.0 Å². The van der Waals surface area contributed by atoms with Crippen LogP contribution in [0.15, 0.2) is 15.4 Å². The van der Waals surface area contributed by atoms with Crippen LogP contribution in [0.3, 0.4) is 0 Å². The van der Waals surface area contributed by atoms with Crippen LogP contribution in [0.1, 0.15) is 42.5 Å². The van der Waals surface area contributed by atoms with E-state index >= 15 is 0 Å². The summed E-state index contributed by atoms with van der Waals surface area (Å²) in [5.74, 6) is -0.733. The van der Waals surface area contributed by atoms with E-state index < -0.39 is 16.0 Å². The molecule has 7 nitrogen and oxygen atoms in total. The molecule has 1 heterocycles. The zero-order chi connectivity index (χ0) is 16.0. The Morgan fingerprint density at radius 2 is 2.14 bits per heavy atom. The second kappa shape index (κ2) is 9.14. The first-order chi connectivity index (χ1) is 9.85. The number of nitrogens with two attached hydrogens (primary N) is 1. The molecule has 1 aromatic rings. The molecule has 0 aliphatic carbocycles. The molecule has 9 heteroatoms. The predicted molar refractivity (Wildman–Crippen MR) is 84.7 cm³/mol. The van der Waals surface area contributed by atoms with Crippen molar-refractivity contribution in [3.63, 3.8) is 0 Å². The van der Waals surface area contributed by atoms with Crippen LogP contribution in [0, 0.1) is 6.92 Å². The third-order valence-corrected chi connectivity index (χ3v) is 4.69. The van der Waals surface area contributed by atoms with Gasteiger partial charge < -0.3 is 14.9 Å². The van der Waals surface area contributed by atoms with Crippen molar-refractivity contribution >= 4 is 28.4 Å². The van der Waals surface area contributed by atoms with Crippen LogP contribution in [0.5, 0.6) is 0 Å². The summed E-state index contributed by atoms with van der Waals surface area (Å²) >= 11 is 0. The highest BCUT2D eigenvalue weighted by Gasteiger charge is 2.26. The molecule has 22 heavy (non-hydrogen) atoms. The number of aryl methyl sites for hydroxylation is 1. The van der Waals surface area contributed by atoms with Crippen LogP contribution in [0.25, 0.3) is 0 Å². The number of unbranched alkanes of at least 4 members (excludes halogenated alkanes) is 1. The van der Waals surface area contributed by atoms with Crippen molar-refractivity contribution in [2.24, 2.45) is 5.73 Å². The number of furan rings is 1. The van der Waals surface area contributed by atoms with E-state index in [2.05, 4.69) is 9.46 Å². The summed E-state index contributed by atoms with van der Waals surface area (Å²) in [6.07, 6.45) is 2.49. The minimum absolute atomic E-state index is 0. The van der Waals surface area contributed by atoms with Crippen LogP contribution in [0.2, 0.25) is 0 Å². The van der Waals surface area contributed by atoms with Crippen molar-refractivity contribution in [2.45, 2.75) is 44.0 Å². The Balaban J connectivity index is 0.00000441. The van der Waals surface area contributed by atoms with Gasteiger partial charge in [0.05, 0.1) is 7.11 Å². The number of nitrogens with one attached hydrogen (secondary N) is 1. The largest absolute Gasteiger partial charge is 0.463 e. The number of hydrogen-bond donors (Lipinski definition) is 2. The lowest BCUT2D eigenvalue weighted by atomic mass is 10.1. The fraction of sp³-hybridized carbons (Fsp3) is 0.615. The van der Waals surface area contributed by atoms with E-state index in [-0.39, 0.29) is 41.4 Å². The van der Waals surface area contributed by atoms with Gasteiger partial charge in [-0.1, -0.05) is 19.8 Å². The van der Waals surface area contributed by atoms with Crippen LogP contribution in [-0.2, 0) is 14.8 Å². The molecule has 1 rings (SSSR count). The summed E-state index contributed by atoms with van der Waals surface area (Å²) in [5.41, 5.74) is 5.59. The number of rotatable bonds is 8. The van der Waals surface area contributed by atoms with E-state index in [1.54, 1.807) is 0 Å². The number of hydrogen-bond acceptors (Lipinski definition) is 6. The SMILES string of the molecule is CCCCC(CN)NS(=O)(=O)c1cc(C(=O)OC)oc1C.Cl. The summed E-state index contributed by atoms with van der Waals surface area (Å²) < 4.78 is 36.8. The Morgan fingerprint density at radius 1 is 1.50 bits per heavy atom. The molecule has 128 valence electrons. The average Bonchev–Trinajstić information content (AvgIpc) is 2.85. The molecule has 3 N–H and O–H groups in total. The maximum atomic E-state index is 12.3. The number of halogens is 1. The smallest absolute Gasteiger partial charge is 0.373 e. The van der Waals surface area contributed by atoms with Crippen LogP contribution < -0.4 is 10.5 Å².